The molecule has 0 unspecified atom stereocenters. The fourth-order valence-corrected chi connectivity index (χ4v) is 2.90. The Hall–Kier alpha value is -2.92. The summed E-state index contributed by atoms with van der Waals surface area (Å²) < 4.78 is 1.52. The molecule has 6 heteroatoms. The van der Waals surface area contributed by atoms with Gasteiger partial charge >= 0.3 is 0 Å². The molecule has 0 bridgehead atoms. The van der Waals surface area contributed by atoms with Gasteiger partial charge in [0.15, 0.2) is 0 Å². The van der Waals surface area contributed by atoms with E-state index in [0.717, 1.165) is 11.1 Å². The van der Waals surface area contributed by atoms with Gasteiger partial charge in [0.25, 0.3) is 5.56 Å². The van der Waals surface area contributed by atoms with Crippen LogP contribution in [0.3, 0.4) is 0 Å². The Bertz CT molecular complexity index is 970. The number of carbonyl (C=O) groups is 1. The lowest BCUT2D eigenvalue weighted by Gasteiger charge is -2.08. The Kier molecular flexibility index (Phi) is 6.39. The molecule has 27 heavy (non-hydrogen) atoms. The summed E-state index contributed by atoms with van der Waals surface area (Å²) in [7, 11) is 0. The molecule has 138 valence electrons. The van der Waals surface area contributed by atoms with Gasteiger partial charge in [-0.1, -0.05) is 60.1 Å². The first-order chi connectivity index (χ1) is 13.1. The van der Waals surface area contributed by atoms with Crippen LogP contribution in [0.1, 0.15) is 18.4 Å². The van der Waals surface area contributed by atoms with Crippen molar-refractivity contribution in [3.8, 4) is 11.3 Å². The molecule has 0 spiro atoms. The number of aryl methyl sites for hydroxylation is 1. The van der Waals surface area contributed by atoms with Gasteiger partial charge in [-0.25, -0.2) is 4.98 Å². The predicted octanol–water partition coefficient (Wildman–Crippen LogP) is 3.66. The minimum atomic E-state index is -0.125. The van der Waals surface area contributed by atoms with E-state index in [2.05, 4.69) is 10.3 Å². The molecular weight excluding hydrogens is 362 g/mol. The number of hydrogen-bond donors (Lipinski definition) is 1. The van der Waals surface area contributed by atoms with Gasteiger partial charge in [-0.2, -0.15) is 0 Å². The number of halogens is 1. The Balaban J connectivity index is 1.49. The van der Waals surface area contributed by atoms with Crippen LogP contribution in [0, 0.1) is 0 Å². The molecular formula is C21H20ClN3O2. The minimum Gasteiger partial charge on any atom is -0.352 e. The molecule has 0 radical (unpaired) electrons. The van der Waals surface area contributed by atoms with Crippen molar-refractivity contribution in [3.05, 3.63) is 87.9 Å². The van der Waals surface area contributed by atoms with Crippen molar-refractivity contribution in [2.45, 2.75) is 25.9 Å². The smallest absolute Gasteiger partial charge is 0.253 e. The van der Waals surface area contributed by atoms with Crippen LogP contribution in [-0.4, -0.2) is 15.5 Å². The highest BCUT2D eigenvalue weighted by Gasteiger charge is 2.06. The first-order valence-electron chi connectivity index (χ1n) is 8.75. The molecule has 1 amide bonds. The van der Waals surface area contributed by atoms with Crippen LogP contribution in [0.2, 0.25) is 5.02 Å². The predicted molar refractivity (Wildman–Crippen MR) is 106 cm³/mol. The molecule has 3 aromatic rings. The lowest BCUT2D eigenvalue weighted by molar-refractivity contribution is -0.121. The van der Waals surface area contributed by atoms with Crippen molar-refractivity contribution >= 4 is 17.5 Å². The molecule has 0 aliphatic heterocycles. The van der Waals surface area contributed by atoms with Gasteiger partial charge in [-0.05, 0) is 18.1 Å². The third-order valence-corrected chi connectivity index (χ3v) is 4.55. The van der Waals surface area contributed by atoms with Crippen LogP contribution in [-0.2, 0) is 17.9 Å². The highest BCUT2D eigenvalue weighted by molar-refractivity contribution is 6.31. The van der Waals surface area contributed by atoms with E-state index in [9.17, 15) is 9.59 Å². The molecule has 0 saturated heterocycles. The average molecular weight is 382 g/mol. The van der Waals surface area contributed by atoms with Gasteiger partial charge in [-0.15, -0.1) is 0 Å². The van der Waals surface area contributed by atoms with E-state index < -0.39 is 0 Å². The molecule has 1 heterocycles. The van der Waals surface area contributed by atoms with Gasteiger partial charge < -0.3 is 5.32 Å². The number of carbonyl (C=O) groups excluding carboxylic acids is 1. The summed E-state index contributed by atoms with van der Waals surface area (Å²) in [6.45, 7) is 0.839. The lowest BCUT2D eigenvalue weighted by Crippen LogP contribution is -2.24. The topological polar surface area (TPSA) is 64.0 Å². The summed E-state index contributed by atoms with van der Waals surface area (Å²) in [4.78, 5) is 28.6. The maximum atomic E-state index is 12.2. The number of benzene rings is 2. The highest BCUT2D eigenvalue weighted by Crippen LogP contribution is 2.15. The minimum absolute atomic E-state index is 0.0724. The Labute approximate surface area is 162 Å². The molecule has 0 fully saturated rings. The number of nitrogens with one attached hydrogen (secondary N) is 1. The van der Waals surface area contributed by atoms with Crippen molar-refractivity contribution < 1.29 is 4.79 Å². The molecule has 0 aliphatic rings. The van der Waals surface area contributed by atoms with Gasteiger partial charge in [0.2, 0.25) is 5.91 Å². The van der Waals surface area contributed by atoms with E-state index in [1.165, 1.54) is 17.0 Å². The fourth-order valence-electron chi connectivity index (χ4n) is 2.69. The van der Waals surface area contributed by atoms with E-state index in [1.807, 2.05) is 48.5 Å². The number of rotatable bonds is 7. The number of amides is 1. The summed E-state index contributed by atoms with van der Waals surface area (Å²) in [6.07, 6.45) is 2.42. The normalized spacial score (nSPS) is 10.6. The van der Waals surface area contributed by atoms with Crippen LogP contribution in [0.4, 0.5) is 0 Å². The van der Waals surface area contributed by atoms with E-state index in [4.69, 9.17) is 11.6 Å². The molecule has 2 aromatic carbocycles. The standard InChI is InChI=1S/C21H20ClN3O2/c22-18-10-5-4-9-17(18)14-23-20(26)11-6-12-25-15-24-19(13-21(25)27)16-7-2-1-3-8-16/h1-5,7-10,13,15H,6,11-12,14H2,(H,23,26). The van der Waals surface area contributed by atoms with Crippen molar-refractivity contribution in [2.75, 3.05) is 0 Å². The van der Waals surface area contributed by atoms with Crippen molar-refractivity contribution in [1.82, 2.24) is 14.9 Å². The summed E-state index contributed by atoms with van der Waals surface area (Å²) in [5, 5.41) is 3.48. The SMILES string of the molecule is O=C(CCCn1cnc(-c2ccccc2)cc1=O)NCc1ccccc1Cl. The molecule has 3 rings (SSSR count). The maximum Gasteiger partial charge on any atom is 0.253 e. The van der Waals surface area contributed by atoms with E-state index in [-0.39, 0.29) is 11.5 Å². The zero-order valence-corrected chi connectivity index (χ0v) is 15.5. The van der Waals surface area contributed by atoms with Crippen LogP contribution >= 0.6 is 11.6 Å². The van der Waals surface area contributed by atoms with Crippen molar-refractivity contribution in [2.24, 2.45) is 0 Å². The molecule has 1 aromatic heterocycles. The van der Waals surface area contributed by atoms with Gasteiger partial charge in [0.1, 0.15) is 0 Å². The fraction of sp³-hybridized carbons (Fsp3) is 0.190. The summed E-state index contributed by atoms with van der Waals surface area (Å²) >= 11 is 6.07. The molecule has 5 nitrogen and oxygen atoms in total. The van der Waals surface area contributed by atoms with E-state index in [0.29, 0.717) is 36.6 Å². The van der Waals surface area contributed by atoms with Gasteiger partial charge in [0.05, 0.1) is 12.0 Å². The second-order valence-corrected chi connectivity index (χ2v) is 6.55. The monoisotopic (exact) mass is 381 g/mol. The zero-order chi connectivity index (χ0) is 19.1. The third-order valence-electron chi connectivity index (χ3n) is 4.19. The average Bonchev–Trinajstić information content (AvgIpc) is 2.69. The Morgan fingerprint density at radius 2 is 1.81 bits per heavy atom. The molecule has 1 N–H and O–H groups in total. The van der Waals surface area contributed by atoms with Crippen LogP contribution < -0.4 is 10.9 Å². The third kappa shape index (κ3) is 5.28. The maximum absolute atomic E-state index is 12.2. The lowest BCUT2D eigenvalue weighted by atomic mass is 10.1. The highest BCUT2D eigenvalue weighted by atomic mass is 35.5. The van der Waals surface area contributed by atoms with Crippen LogP contribution in [0.15, 0.2) is 71.8 Å². The van der Waals surface area contributed by atoms with Crippen molar-refractivity contribution in [1.29, 1.82) is 0 Å². The quantitative estimate of drug-likeness (QED) is 0.679. The van der Waals surface area contributed by atoms with Crippen molar-refractivity contribution in [3.63, 3.8) is 0 Å². The van der Waals surface area contributed by atoms with Crippen LogP contribution in [0.5, 0.6) is 0 Å². The largest absolute Gasteiger partial charge is 0.352 e. The molecule has 0 atom stereocenters. The number of nitrogens with zero attached hydrogens (tertiary/aromatic N) is 2. The second kappa shape index (κ2) is 9.14. The first kappa shape index (κ1) is 18.9. The molecule has 0 aliphatic carbocycles. The zero-order valence-electron chi connectivity index (χ0n) is 14.8. The van der Waals surface area contributed by atoms with E-state index in [1.54, 1.807) is 6.07 Å². The first-order valence-corrected chi connectivity index (χ1v) is 9.13. The Morgan fingerprint density at radius 3 is 2.56 bits per heavy atom. The number of hydrogen-bond acceptors (Lipinski definition) is 3. The summed E-state index contributed by atoms with van der Waals surface area (Å²) in [5.41, 5.74) is 2.31. The number of aromatic nitrogens is 2. The Morgan fingerprint density at radius 1 is 1.07 bits per heavy atom. The van der Waals surface area contributed by atoms with Gasteiger partial charge in [0, 0.05) is 36.2 Å². The van der Waals surface area contributed by atoms with E-state index >= 15 is 0 Å². The summed E-state index contributed by atoms with van der Waals surface area (Å²) in [6, 6.07) is 18.5. The van der Waals surface area contributed by atoms with Crippen LogP contribution in [0.25, 0.3) is 11.3 Å². The second-order valence-electron chi connectivity index (χ2n) is 6.14. The van der Waals surface area contributed by atoms with Gasteiger partial charge in [-0.3, -0.25) is 14.2 Å². The molecule has 0 saturated carbocycles. The summed E-state index contributed by atoms with van der Waals surface area (Å²) in [5.74, 6) is -0.0724.